The number of amides is 1. The van der Waals surface area contributed by atoms with Gasteiger partial charge in [0.05, 0.1) is 19.2 Å². The smallest absolute Gasteiger partial charge is 0.221 e. The van der Waals surface area contributed by atoms with Gasteiger partial charge in [-0.25, -0.2) is 0 Å². The molecule has 0 fully saturated rings. The van der Waals surface area contributed by atoms with Gasteiger partial charge in [0.25, 0.3) is 0 Å². The highest BCUT2D eigenvalue weighted by atomic mass is 35.5. The Kier molecular flexibility index (Phi) is 3.80. The second-order valence-electron chi connectivity index (χ2n) is 2.84. The zero-order valence-corrected chi connectivity index (χ0v) is 9.51. The van der Waals surface area contributed by atoms with Gasteiger partial charge >= 0.3 is 0 Å². The fourth-order valence-corrected chi connectivity index (χ4v) is 1.39. The van der Waals surface area contributed by atoms with Gasteiger partial charge in [-0.1, -0.05) is 11.6 Å². The minimum absolute atomic E-state index is 0.219. The van der Waals surface area contributed by atoms with E-state index in [9.17, 15) is 4.79 Å². The van der Waals surface area contributed by atoms with Gasteiger partial charge in [-0.15, -0.1) is 0 Å². The fraction of sp³-hybridized carbons (Fsp3) is 0.300. The Labute approximate surface area is 93.1 Å². The lowest BCUT2D eigenvalue weighted by molar-refractivity contribution is -0.114. The van der Waals surface area contributed by atoms with Crippen LogP contribution in [0, 0.1) is 0 Å². The zero-order valence-electron chi connectivity index (χ0n) is 8.76. The number of carbonyl (C=O) groups is 1. The fourth-order valence-electron chi connectivity index (χ4n) is 1.20. The van der Waals surface area contributed by atoms with E-state index in [0.717, 1.165) is 0 Å². The zero-order chi connectivity index (χ0) is 11.4. The molecule has 1 N–H and O–H groups in total. The van der Waals surface area contributed by atoms with Crippen molar-refractivity contribution < 1.29 is 14.3 Å². The summed E-state index contributed by atoms with van der Waals surface area (Å²) in [5, 5.41) is 3.00. The van der Waals surface area contributed by atoms with Gasteiger partial charge in [-0.2, -0.15) is 0 Å². The van der Waals surface area contributed by atoms with Crippen LogP contribution >= 0.6 is 11.6 Å². The number of halogens is 1. The van der Waals surface area contributed by atoms with Crippen LogP contribution < -0.4 is 14.8 Å². The van der Waals surface area contributed by atoms with Crippen molar-refractivity contribution in [2.45, 2.75) is 6.92 Å². The van der Waals surface area contributed by atoms with Crippen LogP contribution in [0.4, 0.5) is 5.69 Å². The van der Waals surface area contributed by atoms with E-state index in [2.05, 4.69) is 5.32 Å². The maximum Gasteiger partial charge on any atom is 0.221 e. The number of rotatable bonds is 3. The highest BCUT2D eigenvalue weighted by molar-refractivity contribution is 6.34. The van der Waals surface area contributed by atoms with E-state index in [1.807, 2.05) is 0 Å². The van der Waals surface area contributed by atoms with Crippen molar-refractivity contribution in [3.63, 3.8) is 0 Å². The van der Waals surface area contributed by atoms with Crippen LogP contribution in [-0.4, -0.2) is 20.1 Å². The molecule has 4 nitrogen and oxygen atoms in total. The van der Waals surface area contributed by atoms with Gasteiger partial charge in [0, 0.05) is 6.92 Å². The summed E-state index contributed by atoms with van der Waals surface area (Å²) >= 11 is 5.93. The predicted octanol–water partition coefficient (Wildman–Crippen LogP) is 2.32. The molecule has 15 heavy (non-hydrogen) atoms. The monoisotopic (exact) mass is 229 g/mol. The van der Waals surface area contributed by atoms with Gasteiger partial charge in [0.1, 0.15) is 5.69 Å². The predicted molar refractivity (Wildman–Crippen MR) is 58.9 cm³/mol. The molecule has 1 aromatic rings. The van der Waals surface area contributed by atoms with E-state index < -0.39 is 0 Å². The number of carbonyl (C=O) groups excluding carboxylic acids is 1. The van der Waals surface area contributed by atoms with Crippen molar-refractivity contribution in [3.05, 3.63) is 17.2 Å². The third kappa shape index (κ3) is 2.53. The van der Waals surface area contributed by atoms with E-state index in [0.29, 0.717) is 22.2 Å². The normalized spacial score (nSPS) is 9.60. The van der Waals surface area contributed by atoms with Crippen LogP contribution in [0.15, 0.2) is 12.1 Å². The average molecular weight is 230 g/mol. The summed E-state index contributed by atoms with van der Waals surface area (Å²) in [5.74, 6) is 0.717. The van der Waals surface area contributed by atoms with Gasteiger partial charge in [0.2, 0.25) is 5.91 Å². The number of anilines is 1. The van der Waals surface area contributed by atoms with Crippen molar-refractivity contribution in [3.8, 4) is 11.5 Å². The van der Waals surface area contributed by atoms with Gasteiger partial charge in [0.15, 0.2) is 11.5 Å². The molecule has 1 amide bonds. The lowest BCUT2D eigenvalue weighted by Crippen LogP contribution is -2.08. The number of nitrogens with one attached hydrogen (secondary N) is 1. The minimum Gasteiger partial charge on any atom is -0.493 e. The van der Waals surface area contributed by atoms with Crippen LogP contribution in [0.5, 0.6) is 11.5 Å². The Morgan fingerprint density at radius 1 is 1.33 bits per heavy atom. The van der Waals surface area contributed by atoms with Gasteiger partial charge in [-0.3, -0.25) is 4.79 Å². The second kappa shape index (κ2) is 4.89. The maximum atomic E-state index is 11.0. The lowest BCUT2D eigenvalue weighted by Gasteiger charge is -2.13. The first-order chi connectivity index (χ1) is 7.10. The molecule has 0 saturated heterocycles. The van der Waals surface area contributed by atoms with Crippen molar-refractivity contribution >= 4 is 23.2 Å². The largest absolute Gasteiger partial charge is 0.493 e. The standard InChI is InChI=1S/C10H12ClNO3/c1-6(13)12-9-7(11)4-5-8(14-2)10(9)15-3/h4-5H,1-3H3,(H,12,13). The number of methoxy groups -OCH3 is 2. The van der Waals surface area contributed by atoms with Gasteiger partial charge in [-0.05, 0) is 12.1 Å². The van der Waals surface area contributed by atoms with Gasteiger partial charge < -0.3 is 14.8 Å². The topological polar surface area (TPSA) is 47.6 Å². The van der Waals surface area contributed by atoms with Crippen LogP contribution in [-0.2, 0) is 4.79 Å². The minimum atomic E-state index is -0.219. The molecule has 0 saturated carbocycles. The Morgan fingerprint density at radius 2 is 2.00 bits per heavy atom. The molecule has 82 valence electrons. The molecule has 0 radical (unpaired) electrons. The highest BCUT2D eigenvalue weighted by Gasteiger charge is 2.14. The second-order valence-corrected chi connectivity index (χ2v) is 3.25. The summed E-state index contributed by atoms with van der Waals surface area (Å²) in [4.78, 5) is 11.0. The van der Waals surface area contributed by atoms with Crippen molar-refractivity contribution in [1.82, 2.24) is 0 Å². The molecule has 0 aliphatic heterocycles. The average Bonchev–Trinajstić information content (AvgIpc) is 2.20. The van der Waals surface area contributed by atoms with Crippen LogP contribution in [0.25, 0.3) is 0 Å². The Balaban J connectivity index is 3.25. The van der Waals surface area contributed by atoms with Crippen LogP contribution in [0.3, 0.4) is 0 Å². The SMILES string of the molecule is COc1ccc(Cl)c(NC(C)=O)c1OC. The summed E-state index contributed by atoms with van der Waals surface area (Å²) in [6.07, 6.45) is 0. The number of hydrogen-bond donors (Lipinski definition) is 1. The van der Waals surface area contributed by atoms with Crippen molar-refractivity contribution in [2.24, 2.45) is 0 Å². The molecule has 1 aromatic carbocycles. The third-order valence-corrected chi connectivity index (χ3v) is 2.11. The molecule has 0 spiro atoms. The van der Waals surface area contributed by atoms with Crippen molar-refractivity contribution in [1.29, 1.82) is 0 Å². The first kappa shape index (κ1) is 11.7. The molecule has 5 heteroatoms. The van der Waals surface area contributed by atoms with E-state index >= 15 is 0 Å². The summed E-state index contributed by atoms with van der Waals surface area (Å²) in [6, 6.07) is 3.31. The Bertz CT molecular complexity index is 379. The molecule has 0 unspecified atom stereocenters. The molecule has 0 bridgehead atoms. The highest BCUT2D eigenvalue weighted by Crippen LogP contribution is 2.40. The van der Waals surface area contributed by atoms with E-state index in [4.69, 9.17) is 21.1 Å². The summed E-state index contributed by atoms with van der Waals surface area (Å²) in [7, 11) is 3.00. The molecule has 0 heterocycles. The Hall–Kier alpha value is -1.42. The molecule has 0 aliphatic rings. The first-order valence-corrected chi connectivity index (χ1v) is 4.66. The lowest BCUT2D eigenvalue weighted by atomic mass is 10.2. The summed E-state index contributed by atoms with van der Waals surface area (Å²) < 4.78 is 10.2. The van der Waals surface area contributed by atoms with E-state index in [1.165, 1.54) is 21.1 Å². The maximum absolute atomic E-state index is 11.0. The van der Waals surface area contributed by atoms with E-state index in [-0.39, 0.29) is 5.91 Å². The summed E-state index contributed by atoms with van der Waals surface area (Å²) in [6.45, 7) is 1.40. The first-order valence-electron chi connectivity index (χ1n) is 4.28. The molecular formula is C10H12ClNO3. The third-order valence-electron chi connectivity index (χ3n) is 1.80. The van der Waals surface area contributed by atoms with Crippen LogP contribution in [0.1, 0.15) is 6.92 Å². The Morgan fingerprint density at radius 3 is 2.47 bits per heavy atom. The van der Waals surface area contributed by atoms with E-state index in [1.54, 1.807) is 12.1 Å². The van der Waals surface area contributed by atoms with Crippen LogP contribution in [0.2, 0.25) is 5.02 Å². The number of hydrogen-bond acceptors (Lipinski definition) is 3. The summed E-state index contributed by atoms with van der Waals surface area (Å²) in [5.41, 5.74) is 0.422. The number of benzene rings is 1. The van der Waals surface area contributed by atoms with Crippen molar-refractivity contribution in [2.75, 3.05) is 19.5 Å². The molecule has 0 aliphatic carbocycles. The molecule has 0 aromatic heterocycles. The number of ether oxygens (including phenoxy) is 2. The molecular weight excluding hydrogens is 218 g/mol. The molecule has 0 atom stereocenters. The molecule has 1 rings (SSSR count). The quantitative estimate of drug-likeness (QED) is 0.865.